The van der Waals surface area contributed by atoms with Gasteiger partial charge < -0.3 is 10.2 Å². The van der Waals surface area contributed by atoms with Crippen LogP contribution in [0.15, 0.2) is 108 Å². The molecular weight excluding hydrogens is 618 g/mol. The molecule has 46 heavy (non-hydrogen) atoms. The topological polar surface area (TPSA) is 86.8 Å². The van der Waals surface area contributed by atoms with Gasteiger partial charge in [0, 0.05) is 24.5 Å². The zero-order chi connectivity index (χ0) is 33.3. The number of benzene rings is 4. The van der Waals surface area contributed by atoms with Crippen LogP contribution in [-0.4, -0.2) is 44.3 Å². The fraction of sp³-hybridized carbons (Fsp3) is 0.297. The highest BCUT2D eigenvalue weighted by Gasteiger charge is 2.34. The Bertz CT molecular complexity index is 1690. The van der Waals surface area contributed by atoms with Gasteiger partial charge in [0.15, 0.2) is 0 Å². The number of carbonyl (C=O) groups excluding carboxylic acids is 2. The molecule has 0 fully saturated rings. The molecule has 9 heteroatoms. The maximum Gasteiger partial charge on any atom is 0.264 e. The van der Waals surface area contributed by atoms with E-state index in [-0.39, 0.29) is 29.7 Å². The third-order valence-electron chi connectivity index (χ3n) is 7.82. The zero-order valence-electron chi connectivity index (χ0n) is 26.8. The van der Waals surface area contributed by atoms with E-state index >= 15 is 0 Å². The fourth-order valence-electron chi connectivity index (χ4n) is 5.10. The summed E-state index contributed by atoms with van der Waals surface area (Å²) >= 11 is 6.16. The summed E-state index contributed by atoms with van der Waals surface area (Å²) in [7, 11) is -4.16. The van der Waals surface area contributed by atoms with Crippen molar-refractivity contribution in [3.63, 3.8) is 0 Å². The van der Waals surface area contributed by atoms with Gasteiger partial charge >= 0.3 is 0 Å². The van der Waals surface area contributed by atoms with Crippen molar-refractivity contribution in [1.82, 2.24) is 10.2 Å². The molecule has 4 aromatic carbocycles. The maximum absolute atomic E-state index is 14.5. The van der Waals surface area contributed by atoms with Crippen LogP contribution in [0.25, 0.3) is 0 Å². The second-order valence-corrected chi connectivity index (χ2v) is 14.0. The molecule has 2 amide bonds. The van der Waals surface area contributed by atoms with Crippen LogP contribution < -0.4 is 9.62 Å². The number of halogens is 1. The molecule has 242 valence electrons. The van der Waals surface area contributed by atoms with E-state index in [4.69, 9.17) is 11.6 Å². The van der Waals surface area contributed by atoms with Gasteiger partial charge in [0.05, 0.1) is 10.6 Å². The highest BCUT2D eigenvalue weighted by Crippen LogP contribution is 2.27. The molecule has 4 rings (SSSR count). The van der Waals surface area contributed by atoms with Crippen molar-refractivity contribution in [1.29, 1.82) is 0 Å². The molecule has 0 aliphatic heterocycles. The van der Waals surface area contributed by atoms with Gasteiger partial charge in [-0.25, -0.2) is 8.42 Å². The first kappa shape index (κ1) is 34.7. The van der Waals surface area contributed by atoms with Crippen molar-refractivity contribution >= 4 is 39.1 Å². The average molecular weight is 660 g/mol. The molecule has 0 aliphatic rings. The van der Waals surface area contributed by atoms with Gasteiger partial charge in [-0.2, -0.15) is 0 Å². The van der Waals surface area contributed by atoms with Gasteiger partial charge in [0.2, 0.25) is 11.8 Å². The Kier molecular flexibility index (Phi) is 12.0. The van der Waals surface area contributed by atoms with Crippen molar-refractivity contribution in [2.24, 2.45) is 0 Å². The maximum atomic E-state index is 14.5. The number of anilines is 1. The van der Waals surface area contributed by atoms with E-state index in [0.29, 0.717) is 17.3 Å². The second-order valence-electron chi connectivity index (χ2n) is 11.7. The Morgan fingerprint density at radius 3 is 2.04 bits per heavy atom. The van der Waals surface area contributed by atoms with Crippen LogP contribution in [0.5, 0.6) is 0 Å². The predicted molar refractivity (Wildman–Crippen MR) is 185 cm³/mol. The Morgan fingerprint density at radius 2 is 1.46 bits per heavy atom. The van der Waals surface area contributed by atoms with Gasteiger partial charge in [0.25, 0.3) is 10.0 Å². The van der Waals surface area contributed by atoms with Crippen molar-refractivity contribution < 1.29 is 18.0 Å². The van der Waals surface area contributed by atoms with Crippen LogP contribution in [0.3, 0.4) is 0 Å². The molecule has 7 nitrogen and oxygen atoms in total. The lowest BCUT2D eigenvalue weighted by Gasteiger charge is -2.34. The van der Waals surface area contributed by atoms with E-state index in [9.17, 15) is 18.0 Å². The third kappa shape index (κ3) is 8.98. The second kappa shape index (κ2) is 15.9. The highest BCUT2D eigenvalue weighted by atomic mass is 35.5. The van der Waals surface area contributed by atoms with Gasteiger partial charge in [-0.3, -0.25) is 13.9 Å². The Hall–Kier alpha value is -4.14. The number of aryl methyl sites for hydroxylation is 1. The number of hydrogen-bond acceptors (Lipinski definition) is 4. The van der Waals surface area contributed by atoms with E-state index in [1.54, 1.807) is 60.7 Å². The number of carbonyl (C=O) groups is 2. The lowest BCUT2D eigenvalue weighted by atomic mass is 10.0. The molecule has 0 aliphatic carbocycles. The minimum absolute atomic E-state index is 0.0737. The predicted octanol–water partition coefficient (Wildman–Crippen LogP) is 7.13. The summed E-state index contributed by atoms with van der Waals surface area (Å²) in [5.74, 6) is -0.568. The van der Waals surface area contributed by atoms with Crippen LogP contribution >= 0.6 is 11.6 Å². The number of hydrogen-bond donors (Lipinski definition) is 1. The standard InChI is InChI=1S/C37H42ClN3O4S/c1-5-23-39-37(43)35(24-29-9-7-6-8-10-29)40(25-30-13-17-32(38)18-14-30)36(42)26-41(33-19-15-31(16-20-33)27(2)3)46(44,45)34-21-11-28(4)12-22-34/h6-22,27,35H,5,23-26H2,1-4H3,(H,39,43)/t35-/m1/s1. The molecule has 0 radical (unpaired) electrons. The average Bonchev–Trinajstić information content (AvgIpc) is 3.05. The van der Waals surface area contributed by atoms with Crippen molar-refractivity contribution in [3.05, 3.63) is 130 Å². The molecule has 0 heterocycles. The number of amides is 2. The molecule has 1 atom stereocenters. The van der Waals surface area contributed by atoms with Crippen LogP contribution in [-0.2, 0) is 32.6 Å². The van der Waals surface area contributed by atoms with Crippen LogP contribution in [0.4, 0.5) is 5.69 Å². The summed E-state index contributed by atoms with van der Waals surface area (Å²) in [6.07, 6.45) is 0.980. The third-order valence-corrected chi connectivity index (χ3v) is 9.86. The normalized spacial score (nSPS) is 12.0. The molecule has 0 spiro atoms. The van der Waals surface area contributed by atoms with Gasteiger partial charge in [-0.1, -0.05) is 105 Å². The van der Waals surface area contributed by atoms with Gasteiger partial charge in [-0.15, -0.1) is 0 Å². The van der Waals surface area contributed by atoms with Crippen molar-refractivity contribution in [3.8, 4) is 0 Å². The van der Waals surface area contributed by atoms with Crippen molar-refractivity contribution in [2.45, 2.75) is 63.9 Å². The Morgan fingerprint density at radius 1 is 0.826 bits per heavy atom. The molecule has 0 saturated heterocycles. The molecule has 1 N–H and O–H groups in total. The first-order chi connectivity index (χ1) is 22.0. The molecule has 4 aromatic rings. The van der Waals surface area contributed by atoms with E-state index in [1.807, 2.05) is 56.3 Å². The monoisotopic (exact) mass is 659 g/mol. The first-order valence-corrected chi connectivity index (χ1v) is 17.4. The molecular formula is C37H42ClN3O4S. The summed E-state index contributed by atoms with van der Waals surface area (Å²) in [4.78, 5) is 29.8. The molecule has 0 unspecified atom stereocenters. The summed E-state index contributed by atoms with van der Waals surface area (Å²) in [6, 6.07) is 29.4. The number of nitrogens with zero attached hydrogens (tertiary/aromatic N) is 2. The fourth-order valence-corrected chi connectivity index (χ4v) is 6.64. The summed E-state index contributed by atoms with van der Waals surface area (Å²) < 4.78 is 29.6. The Balaban J connectivity index is 1.80. The SMILES string of the molecule is CCCNC(=O)[C@@H](Cc1ccccc1)N(Cc1ccc(Cl)cc1)C(=O)CN(c1ccc(C(C)C)cc1)S(=O)(=O)c1ccc(C)cc1. The lowest BCUT2D eigenvalue weighted by Crippen LogP contribution is -2.53. The van der Waals surface area contributed by atoms with Crippen LogP contribution in [0.2, 0.25) is 5.02 Å². The van der Waals surface area contributed by atoms with E-state index in [2.05, 4.69) is 19.2 Å². The molecule has 0 bridgehead atoms. The minimum atomic E-state index is -4.16. The van der Waals surface area contributed by atoms with Gasteiger partial charge in [-0.05, 0) is 72.4 Å². The number of nitrogens with one attached hydrogen (secondary N) is 1. The van der Waals surface area contributed by atoms with E-state index < -0.39 is 28.5 Å². The number of rotatable bonds is 14. The smallest absolute Gasteiger partial charge is 0.264 e. The lowest BCUT2D eigenvalue weighted by molar-refractivity contribution is -0.140. The summed E-state index contributed by atoms with van der Waals surface area (Å²) in [5.41, 5.74) is 3.95. The number of sulfonamides is 1. The minimum Gasteiger partial charge on any atom is -0.354 e. The van der Waals surface area contributed by atoms with Crippen LogP contribution in [0.1, 0.15) is 55.4 Å². The zero-order valence-corrected chi connectivity index (χ0v) is 28.4. The summed E-state index contributed by atoms with van der Waals surface area (Å²) in [6.45, 7) is 7.99. The van der Waals surface area contributed by atoms with Crippen LogP contribution in [0, 0.1) is 6.92 Å². The van der Waals surface area contributed by atoms with Gasteiger partial charge in [0.1, 0.15) is 12.6 Å². The molecule has 0 aromatic heterocycles. The highest BCUT2D eigenvalue weighted by molar-refractivity contribution is 7.92. The molecule has 0 saturated carbocycles. The largest absolute Gasteiger partial charge is 0.354 e. The Labute approximate surface area is 278 Å². The van der Waals surface area contributed by atoms with E-state index in [0.717, 1.165) is 33.0 Å². The first-order valence-electron chi connectivity index (χ1n) is 15.5. The van der Waals surface area contributed by atoms with E-state index in [1.165, 1.54) is 4.90 Å². The summed E-state index contributed by atoms with van der Waals surface area (Å²) in [5, 5.41) is 3.51. The quantitative estimate of drug-likeness (QED) is 0.156. The van der Waals surface area contributed by atoms with Crippen molar-refractivity contribution in [2.75, 3.05) is 17.4 Å².